The molecule has 198 valence electrons. The van der Waals surface area contributed by atoms with E-state index >= 15 is 0 Å². The fraction of sp³-hybridized carbons (Fsp3) is 0.538. The molecule has 1 aromatic carbocycles. The quantitative estimate of drug-likeness (QED) is 0.244. The molecule has 0 saturated carbocycles. The van der Waals surface area contributed by atoms with E-state index in [1.165, 1.54) is 6.92 Å². The van der Waals surface area contributed by atoms with Gasteiger partial charge < -0.3 is 31.8 Å². The summed E-state index contributed by atoms with van der Waals surface area (Å²) in [5.41, 5.74) is 7.63. The lowest BCUT2D eigenvalue weighted by atomic mass is 9.97. The summed E-state index contributed by atoms with van der Waals surface area (Å²) in [6.45, 7) is 9.10. The normalized spacial score (nSPS) is 15.5. The Morgan fingerprint density at radius 2 is 1.58 bits per heavy atom. The van der Waals surface area contributed by atoms with E-state index in [9.17, 15) is 24.3 Å². The maximum atomic E-state index is 12.9. The van der Waals surface area contributed by atoms with Crippen molar-refractivity contribution in [1.82, 2.24) is 20.9 Å². The SMILES string of the molecule is CCC(C)C(N)C(=O)NC(CC(C)C)C(=O)NC(C)C(=O)NC(Cc1c[nH]c2ccccc12)C(=O)O. The molecule has 0 bridgehead atoms. The minimum absolute atomic E-state index is 0.0532. The summed E-state index contributed by atoms with van der Waals surface area (Å²) in [4.78, 5) is 53.2. The number of amides is 3. The van der Waals surface area contributed by atoms with Crippen molar-refractivity contribution in [3.05, 3.63) is 36.0 Å². The van der Waals surface area contributed by atoms with Crippen molar-refractivity contribution in [2.75, 3.05) is 0 Å². The maximum Gasteiger partial charge on any atom is 0.326 e. The van der Waals surface area contributed by atoms with Crippen LogP contribution in [-0.4, -0.2) is 57.9 Å². The number of carboxylic acid groups (broad SMARTS) is 1. The molecular formula is C26H39N5O5. The van der Waals surface area contributed by atoms with Crippen molar-refractivity contribution in [2.45, 2.75) is 78.0 Å². The third-order valence-electron chi connectivity index (χ3n) is 6.37. The molecule has 0 aliphatic carbocycles. The highest BCUT2D eigenvalue weighted by molar-refractivity contribution is 5.94. The first kappa shape index (κ1) is 28.8. The first-order valence-electron chi connectivity index (χ1n) is 12.4. The Kier molecular flexibility index (Phi) is 10.5. The molecule has 2 aromatic rings. The smallest absolute Gasteiger partial charge is 0.326 e. The number of nitrogens with one attached hydrogen (secondary N) is 4. The van der Waals surface area contributed by atoms with Gasteiger partial charge >= 0.3 is 5.97 Å². The number of benzene rings is 1. The van der Waals surface area contributed by atoms with Crippen LogP contribution in [0.25, 0.3) is 10.9 Å². The lowest BCUT2D eigenvalue weighted by Gasteiger charge is -2.25. The highest BCUT2D eigenvalue weighted by atomic mass is 16.4. The van der Waals surface area contributed by atoms with Crippen molar-refractivity contribution in [3.63, 3.8) is 0 Å². The Balaban J connectivity index is 2.04. The van der Waals surface area contributed by atoms with Gasteiger partial charge in [-0.05, 0) is 36.8 Å². The molecule has 10 nitrogen and oxygen atoms in total. The monoisotopic (exact) mass is 501 g/mol. The summed E-state index contributed by atoms with van der Waals surface area (Å²) in [6, 6.07) is 3.66. The topological polar surface area (TPSA) is 166 Å². The fourth-order valence-electron chi connectivity index (χ4n) is 3.88. The molecule has 1 aromatic heterocycles. The minimum Gasteiger partial charge on any atom is -0.480 e. The summed E-state index contributed by atoms with van der Waals surface area (Å²) in [7, 11) is 0. The second-order valence-corrected chi connectivity index (χ2v) is 9.80. The Morgan fingerprint density at radius 3 is 2.19 bits per heavy atom. The second kappa shape index (κ2) is 13.1. The van der Waals surface area contributed by atoms with Crippen molar-refractivity contribution < 1.29 is 24.3 Å². The summed E-state index contributed by atoms with van der Waals surface area (Å²) in [5.74, 6) is -2.73. The van der Waals surface area contributed by atoms with Crippen molar-refractivity contribution in [3.8, 4) is 0 Å². The number of aliphatic carboxylic acids is 1. The molecule has 3 amide bonds. The fourth-order valence-corrected chi connectivity index (χ4v) is 3.88. The van der Waals surface area contributed by atoms with Crippen LogP contribution in [0.15, 0.2) is 30.5 Å². The Labute approximate surface area is 211 Å². The molecule has 7 N–H and O–H groups in total. The van der Waals surface area contributed by atoms with Crippen LogP contribution in [0.2, 0.25) is 0 Å². The average molecular weight is 502 g/mol. The zero-order valence-electron chi connectivity index (χ0n) is 21.6. The molecule has 0 saturated heterocycles. The summed E-state index contributed by atoms with van der Waals surface area (Å²) in [6.07, 6.45) is 2.88. The number of carbonyl (C=O) groups excluding carboxylic acids is 3. The number of aromatic nitrogens is 1. The number of aromatic amines is 1. The number of fused-ring (bicyclic) bond motifs is 1. The molecule has 5 atom stereocenters. The average Bonchev–Trinajstić information content (AvgIpc) is 3.24. The van der Waals surface area contributed by atoms with Gasteiger partial charge in [-0.25, -0.2) is 4.79 Å². The molecule has 0 radical (unpaired) electrons. The van der Waals surface area contributed by atoms with Gasteiger partial charge in [0, 0.05) is 23.5 Å². The van der Waals surface area contributed by atoms with Crippen LogP contribution in [-0.2, 0) is 25.6 Å². The van der Waals surface area contributed by atoms with Crippen molar-refractivity contribution >= 4 is 34.6 Å². The summed E-state index contributed by atoms with van der Waals surface area (Å²) in [5, 5.41) is 18.4. The van der Waals surface area contributed by atoms with E-state index in [0.29, 0.717) is 6.42 Å². The van der Waals surface area contributed by atoms with Gasteiger partial charge in [-0.1, -0.05) is 52.3 Å². The summed E-state index contributed by atoms with van der Waals surface area (Å²) < 4.78 is 0. The molecule has 0 aliphatic heterocycles. The van der Waals surface area contributed by atoms with Gasteiger partial charge in [0.15, 0.2) is 0 Å². The lowest BCUT2D eigenvalue weighted by Crippen LogP contribution is -2.57. The van der Waals surface area contributed by atoms with E-state index in [2.05, 4.69) is 20.9 Å². The molecular weight excluding hydrogens is 462 g/mol. The lowest BCUT2D eigenvalue weighted by molar-refractivity contribution is -0.142. The predicted octanol–water partition coefficient (Wildman–Crippen LogP) is 1.69. The number of hydrogen-bond donors (Lipinski definition) is 6. The van der Waals surface area contributed by atoms with Gasteiger partial charge in [-0.15, -0.1) is 0 Å². The number of rotatable bonds is 13. The standard InChI is InChI=1S/C26H39N5O5/c1-6-15(4)22(27)25(34)30-20(11-14(2)3)24(33)29-16(5)23(32)31-21(26(35)36)12-17-13-28-19-10-8-7-9-18(17)19/h7-10,13-16,20-22,28H,6,11-12,27H2,1-5H3,(H,29,33)(H,30,34)(H,31,32)(H,35,36). The van der Waals surface area contributed by atoms with Gasteiger partial charge in [-0.3, -0.25) is 14.4 Å². The molecule has 10 heteroatoms. The number of para-hydroxylation sites is 1. The highest BCUT2D eigenvalue weighted by Gasteiger charge is 2.30. The van der Waals surface area contributed by atoms with E-state index in [-0.39, 0.29) is 18.3 Å². The van der Waals surface area contributed by atoms with Crippen LogP contribution in [0.3, 0.4) is 0 Å². The van der Waals surface area contributed by atoms with Crippen LogP contribution in [0.4, 0.5) is 0 Å². The number of carboxylic acids is 1. The molecule has 2 rings (SSSR count). The predicted molar refractivity (Wildman–Crippen MR) is 138 cm³/mol. The van der Waals surface area contributed by atoms with Crippen molar-refractivity contribution in [1.29, 1.82) is 0 Å². The van der Waals surface area contributed by atoms with Crippen LogP contribution in [0.1, 0.15) is 53.0 Å². The maximum absolute atomic E-state index is 12.9. The van der Waals surface area contributed by atoms with Gasteiger partial charge in [-0.2, -0.15) is 0 Å². The minimum atomic E-state index is -1.18. The number of hydrogen-bond acceptors (Lipinski definition) is 5. The van der Waals surface area contributed by atoms with E-state index in [1.54, 1.807) is 6.20 Å². The third-order valence-corrected chi connectivity index (χ3v) is 6.37. The van der Waals surface area contributed by atoms with E-state index in [1.807, 2.05) is 52.0 Å². The molecule has 0 aliphatic rings. The molecule has 36 heavy (non-hydrogen) atoms. The van der Waals surface area contributed by atoms with E-state index in [0.717, 1.165) is 22.9 Å². The Hall–Kier alpha value is -3.40. The second-order valence-electron chi connectivity index (χ2n) is 9.80. The van der Waals surface area contributed by atoms with Crippen LogP contribution in [0.5, 0.6) is 0 Å². The number of nitrogens with two attached hydrogens (primary N) is 1. The van der Waals surface area contributed by atoms with Gasteiger partial charge in [0.1, 0.15) is 18.1 Å². The zero-order valence-corrected chi connectivity index (χ0v) is 21.6. The first-order chi connectivity index (χ1) is 16.9. The van der Waals surface area contributed by atoms with Gasteiger partial charge in [0.2, 0.25) is 17.7 Å². The van der Waals surface area contributed by atoms with Crippen LogP contribution >= 0.6 is 0 Å². The highest BCUT2D eigenvalue weighted by Crippen LogP contribution is 2.19. The molecule has 0 fully saturated rings. The largest absolute Gasteiger partial charge is 0.480 e. The van der Waals surface area contributed by atoms with E-state index in [4.69, 9.17) is 5.73 Å². The van der Waals surface area contributed by atoms with Gasteiger partial charge in [0.25, 0.3) is 0 Å². The molecule has 5 unspecified atom stereocenters. The number of carbonyl (C=O) groups is 4. The zero-order chi connectivity index (χ0) is 27.0. The molecule has 0 spiro atoms. The molecule has 1 heterocycles. The third kappa shape index (κ3) is 7.81. The Bertz CT molecular complexity index is 1070. The van der Waals surface area contributed by atoms with Crippen molar-refractivity contribution in [2.24, 2.45) is 17.6 Å². The van der Waals surface area contributed by atoms with Crippen LogP contribution < -0.4 is 21.7 Å². The Morgan fingerprint density at radius 1 is 0.944 bits per heavy atom. The van der Waals surface area contributed by atoms with Gasteiger partial charge in [0.05, 0.1) is 6.04 Å². The van der Waals surface area contributed by atoms with E-state index < -0.39 is 47.9 Å². The first-order valence-corrected chi connectivity index (χ1v) is 12.4. The van der Waals surface area contributed by atoms with Crippen LogP contribution in [0, 0.1) is 11.8 Å². The number of H-pyrrole nitrogens is 1. The summed E-state index contributed by atoms with van der Waals surface area (Å²) >= 11 is 0.